The molecule has 0 radical (unpaired) electrons. The number of likely N-dealkylation sites (tertiary alicyclic amines) is 1. The van der Waals surface area contributed by atoms with E-state index in [4.69, 9.17) is 17.3 Å². The Morgan fingerprint density at radius 2 is 2.05 bits per heavy atom. The van der Waals surface area contributed by atoms with Crippen molar-refractivity contribution in [3.05, 3.63) is 34.9 Å². The maximum atomic E-state index is 6.35. The van der Waals surface area contributed by atoms with Gasteiger partial charge in [-0.3, -0.25) is 4.90 Å². The number of rotatable bonds is 4. The van der Waals surface area contributed by atoms with Crippen LogP contribution >= 0.6 is 11.6 Å². The largest absolute Gasteiger partial charge is 0.326 e. The molecule has 2 rings (SSSR count). The first kappa shape index (κ1) is 14.8. The van der Waals surface area contributed by atoms with Crippen molar-refractivity contribution < 1.29 is 0 Å². The van der Waals surface area contributed by atoms with Gasteiger partial charge >= 0.3 is 0 Å². The van der Waals surface area contributed by atoms with E-state index in [9.17, 15) is 0 Å². The molecule has 0 saturated carbocycles. The van der Waals surface area contributed by atoms with E-state index in [1.54, 1.807) is 0 Å². The van der Waals surface area contributed by atoms with Gasteiger partial charge < -0.3 is 10.6 Å². The second-order valence-corrected chi connectivity index (χ2v) is 6.13. The predicted octanol–water partition coefficient (Wildman–Crippen LogP) is 2.36. The van der Waals surface area contributed by atoms with E-state index in [2.05, 4.69) is 36.9 Å². The summed E-state index contributed by atoms with van der Waals surface area (Å²) in [5, 5.41) is 0.818. The molecular formula is C15H24ClN3. The first-order valence-electron chi connectivity index (χ1n) is 6.91. The first-order valence-corrected chi connectivity index (χ1v) is 7.29. The molecule has 2 N–H and O–H groups in total. The molecule has 0 bridgehead atoms. The Bertz CT molecular complexity index is 420. The minimum absolute atomic E-state index is 0.0702. The van der Waals surface area contributed by atoms with Crippen molar-refractivity contribution >= 4 is 11.6 Å². The molecule has 19 heavy (non-hydrogen) atoms. The molecule has 1 fully saturated rings. The molecule has 1 aromatic rings. The van der Waals surface area contributed by atoms with E-state index in [0.717, 1.165) is 23.7 Å². The van der Waals surface area contributed by atoms with Crippen molar-refractivity contribution in [3.63, 3.8) is 0 Å². The fourth-order valence-corrected chi connectivity index (χ4v) is 3.22. The Hall–Kier alpha value is -0.610. The van der Waals surface area contributed by atoms with Gasteiger partial charge in [0.25, 0.3) is 0 Å². The number of nitrogens with two attached hydrogens (primary N) is 1. The normalized spacial score (nSPS) is 23.8. The Balaban J connectivity index is 2.21. The average Bonchev–Trinajstić information content (AvgIpc) is 2.81. The number of hydrogen-bond donors (Lipinski definition) is 1. The summed E-state index contributed by atoms with van der Waals surface area (Å²) < 4.78 is 0. The van der Waals surface area contributed by atoms with Crippen molar-refractivity contribution in [2.75, 3.05) is 27.2 Å². The van der Waals surface area contributed by atoms with Gasteiger partial charge in [-0.1, -0.05) is 29.8 Å². The minimum Gasteiger partial charge on any atom is -0.326 e. The lowest BCUT2D eigenvalue weighted by Crippen LogP contribution is -2.40. The fraction of sp³-hybridized carbons (Fsp3) is 0.600. The van der Waals surface area contributed by atoms with Crippen molar-refractivity contribution in [2.24, 2.45) is 5.73 Å². The summed E-state index contributed by atoms with van der Waals surface area (Å²) >= 11 is 6.35. The molecule has 0 aromatic heterocycles. The van der Waals surface area contributed by atoms with Crippen LogP contribution in [0.15, 0.2) is 24.3 Å². The summed E-state index contributed by atoms with van der Waals surface area (Å²) in [6.07, 6.45) is 1.20. The lowest BCUT2D eigenvalue weighted by atomic mass is 9.99. The third-order valence-electron chi connectivity index (χ3n) is 4.04. The Morgan fingerprint density at radius 3 is 2.58 bits per heavy atom. The molecule has 1 aromatic carbocycles. The van der Waals surface area contributed by atoms with Gasteiger partial charge in [-0.05, 0) is 39.1 Å². The number of likely N-dealkylation sites (N-methyl/N-ethyl adjacent to an activating group) is 1. The Labute approximate surface area is 121 Å². The molecule has 0 amide bonds. The van der Waals surface area contributed by atoms with Gasteiger partial charge in [-0.25, -0.2) is 0 Å². The van der Waals surface area contributed by atoms with Crippen molar-refractivity contribution in [1.82, 2.24) is 9.80 Å². The molecule has 1 aliphatic heterocycles. The van der Waals surface area contributed by atoms with E-state index < -0.39 is 0 Å². The molecule has 1 heterocycles. The highest BCUT2D eigenvalue weighted by atomic mass is 35.5. The van der Waals surface area contributed by atoms with Gasteiger partial charge in [0.15, 0.2) is 0 Å². The maximum absolute atomic E-state index is 6.35. The molecule has 3 nitrogen and oxygen atoms in total. The van der Waals surface area contributed by atoms with Crippen molar-refractivity contribution in [2.45, 2.75) is 31.5 Å². The molecule has 0 aliphatic carbocycles. The lowest BCUT2D eigenvalue weighted by Gasteiger charge is -2.32. The topological polar surface area (TPSA) is 32.5 Å². The number of halogens is 1. The second-order valence-electron chi connectivity index (χ2n) is 5.73. The van der Waals surface area contributed by atoms with E-state index in [0.29, 0.717) is 6.04 Å². The molecular weight excluding hydrogens is 258 g/mol. The van der Waals surface area contributed by atoms with Crippen LogP contribution in [0.3, 0.4) is 0 Å². The fourth-order valence-electron chi connectivity index (χ4n) is 2.97. The standard InChI is InChI=1S/C15H24ClN3/c1-11(17)15(13-6-4-5-7-14(13)16)19-9-8-12(10-19)18(2)3/h4-7,11-12,15H,8-10,17H2,1-3H3. The van der Waals surface area contributed by atoms with Crippen molar-refractivity contribution in [3.8, 4) is 0 Å². The van der Waals surface area contributed by atoms with E-state index in [1.807, 2.05) is 18.2 Å². The summed E-state index contributed by atoms with van der Waals surface area (Å²) in [6.45, 7) is 4.21. The quantitative estimate of drug-likeness (QED) is 0.920. The summed E-state index contributed by atoms with van der Waals surface area (Å²) in [7, 11) is 4.29. The highest BCUT2D eigenvalue weighted by molar-refractivity contribution is 6.31. The molecule has 1 saturated heterocycles. The molecule has 1 aliphatic rings. The average molecular weight is 282 g/mol. The van der Waals surface area contributed by atoms with E-state index in [-0.39, 0.29) is 12.1 Å². The highest BCUT2D eigenvalue weighted by Crippen LogP contribution is 2.32. The van der Waals surface area contributed by atoms with Crippen LogP contribution in [0.2, 0.25) is 5.02 Å². The predicted molar refractivity (Wildman–Crippen MR) is 81.5 cm³/mol. The van der Waals surface area contributed by atoms with Crippen LogP contribution in [0.1, 0.15) is 24.9 Å². The number of benzene rings is 1. The van der Waals surface area contributed by atoms with Crippen molar-refractivity contribution in [1.29, 1.82) is 0 Å². The van der Waals surface area contributed by atoms with Crippen LogP contribution in [-0.2, 0) is 0 Å². The van der Waals surface area contributed by atoms with E-state index >= 15 is 0 Å². The third kappa shape index (κ3) is 3.29. The zero-order valence-corrected chi connectivity index (χ0v) is 12.8. The van der Waals surface area contributed by atoms with Crippen LogP contribution < -0.4 is 5.73 Å². The third-order valence-corrected chi connectivity index (χ3v) is 4.38. The van der Waals surface area contributed by atoms with Gasteiger partial charge in [0.1, 0.15) is 0 Å². The minimum atomic E-state index is 0.0702. The van der Waals surface area contributed by atoms with Gasteiger partial charge in [-0.15, -0.1) is 0 Å². The lowest BCUT2D eigenvalue weighted by molar-refractivity contribution is 0.197. The molecule has 3 unspecified atom stereocenters. The van der Waals surface area contributed by atoms with Crippen LogP contribution in [0.5, 0.6) is 0 Å². The van der Waals surface area contributed by atoms with Crippen LogP contribution in [0.4, 0.5) is 0 Å². The number of nitrogens with zero attached hydrogens (tertiary/aromatic N) is 2. The summed E-state index contributed by atoms with van der Waals surface area (Å²) in [5.41, 5.74) is 7.38. The maximum Gasteiger partial charge on any atom is 0.0511 e. The van der Waals surface area contributed by atoms with E-state index in [1.165, 1.54) is 6.42 Å². The zero-order valence-electron chi connectivity index (χ0n) is 12.0. The molecule has 106 valence electrons. The Morgan fingerprint density at radius 1 is 1.37 bits per heavy atom. The smallest absolute Gasteiger partial charge is 0.0511 e. The second kappa shape index (κ2) is 6.23. The molecule has 4 heteroatoms. The number of hydrogen-bond acceptors (Lipinski definition) is 3. The van der Waals surface area contributed by atoms with Gasteiger partial charge in [-0.2, -0.15) is 0 Å². The molecule has 3 atom stereocenters. The Kier molecular flexibility index (Phi) is 4.85. The SMILES string of the molecule is CC(N)C(c1ccccc1Cl)N1CCC(N(C)C)C1. The van der Waals surface area contributed by atoms with Gasteiger partial charge in [0, 0.05) is 30.2 Å². The summed E-state index contributed by atoms with van der Waals surface area (Å²) in [6, 6.07) is 8.95. The first-order chi connectivity index (χ1) is 9.00. The van der Waals surface area contributed by atoms with Gasteiger partial charge in [0.2, 0.25) is 0 Å². The summed E-state index contributed by atoms with van der Waals surface area (Å²) in [5.74, 6) is 0. The van der Waals surface area contributed by atoms with Crippen LogP contribution in [0, 0.1) is 0 Å². The molecule has 0 spiro atoms. The highest BCUT2D eigenvalue weighted by Gasteiger charge is 2.32. The zero-order chi connectivity index (χ0) is 14.0. The van der Waals surface area contributed by atoms with Crippen LogP contribution in [0.25, 0.3) is 0 Å². The van der Waals surface area contributed by atoms with Gasteiger partial charge in [0.05, 0.1) is 6.04 Å². The summed E-state index contributed by atoms with van der Waals surface area (Å²) in [4.78, 5) is 4.77. The monoisotopic (exact) mass is 281 g/mol. The van der Waals surface area contributed by atoms with Crippen LogP contribution in [-0.4, -0.2) is 49.1 Å².